The number of hydrogen-bond acceptors (Lipinski definition) is 5. The van der Waals surface area contributed by atoms with E-state index >= 15 is 0 Å². The van der Waals surface area contributed by atoms with Crippen molar-refractivity contribution in [2.45, 2.75) is 6.10 Å². The first-order chi connectivity index (χ1) is 13.5. The number of imide groups is 1. The Balaban J connectivity index is 1.92. The second-order valence-corrected chi connectivity index (χ2v) is 5.98. The van der Waals surface area contributed by atoms with E-state index in [0.29, 0.717) is 5.56 Å². The van der Waals surface area contributed by atoms with Crippen LogP contribution in [0.25, 0.3) is 10.8 Å². The van der Waals surface area contributed by atoms with Crippen LogP contribution < -0.4 is 10.6 Å². The Labute approximate surface area is 160 Å². The van der Waals surface area contributed by atoms with Crippen LogP contribution in [0.5, 0.6) is 5.75 Å². The predicted molar refractivity (Wildman–Crippen MR) is 103 cm³/mol. The predicted octanol–water partition coefficient (Wildman–Crippen LogP) is 2.90. The van der Waals surface area contributed by atoms with E-state index in [0.717, 1.165) is 10.8 Å². The van der Waals surface area contributed by atoms with Crippen LogP contribution in [-0.2, 0) is 9.53 Å². The fraction of sp³-hybridized carbons (Fsp3) is 0.0952. The van der Waals surface area contributed by atoms with E-state index in [1.54, 1.807) is 48.5 Å². The molecule has 0 aliphatic rings. The van der Waals surface area contributed by atoms with Gasteiger partial charge in [0.15, 0.2) is 0 Å². The number of carbonyl (C=O) groups excluding carboxylic acids is 3. The minimum atomic E-state index is -1.36. The molecule has 0 radical (unpaired) electrons. The highest BCUT2D eigenvalue weighted by atomic mass is 16.5. The number of urea groups is 1. The molecule has 3 aromatic carbocycles. The summed E-state index contributed by atoms with van der Waals surface area (Å²) in [6.45, 7) is 0. The van der Waals surface area contributed by atoms with E-state index in [9.17, 15) is 19.5 Å². The highest BCUT2D eigenvalue weighted by Gasteiger charge is 2.28. The number of carbonyl (C=O) groups is 3. The monoisotopic (exact) mass is 378 g/mol. The quantitative estimate of drug-likeness (QED) is 0.606. The van der Waals surface area contributed by atoms with Crippen molar-refractivity contribution >= 4 is 28.7 Å². The summed E-state index contributed by atoms with van der Waals surface area (Å²) in [5.41, 5.74) is 0.310. The number of aromatic hydroxyl groups is 1. The number of nitrogens with one attached hydrogen (secondary N) is 2. The van der Waals surface area contributed by atoms with Crippen LogP contribution in [0.3, 0.4) is 0 Å². The zero-order chi connectivity index (χ0) is 20.1. The number of fused-ring (bicyclic) bond motifs is 1. The molecular weight excluding hydrogens is 360 g/mol. The minimum Gasteiger partial charge on any atom is -0.507 e. The Morgan fingerprint density at radius 3 is 2.18 bits per heavy atom. The van der Waals surface area contributed by atoms with Crippen molar-refractivity contribution in [1.82, 2.24) is 10.6 Å². The molecule has 0 aliphatic carbocycles. The number of esters is 1. The number of amides is 3. The maximum Gasteiger partial charge on any atom is 0.343 e. The molecule has 142 valence electrons. The molecule has 3 aromatic rings. The lowest BCUT2D eigenvalue weighted by Crippen LogP contribution is -2.41. The third-order valence-corrected chi connectivity index (χ3v) is 4.11. The largest absolute Gasteiger partial charge is 0.507 e. The second-order valence-electron chi connectivity index (χ2n) is 5.98. The van der Waals surface area contributed by atoms with Crippen LogP contribution in [0, 0.1) is 0 Å². The van der Waals surface area contributed by atoms with Gasteiger partial charge < -0.3 is 15.2 Å². The molecule has 3 rings (SSSR count). The number of hydrogen-bond donors (Lipinski definition) is 3. The van der Waals surface area contributed by atoms with Crippen LogP contribution in [-0.4, -0.2) is 30.1 Å². The number of benzene rings is 3. The molecule has 0 bridgehead atoms. The van der Waals surface area contributed by atoms with Gasteiger partial charge in [-0.2, -0.15) is 0 Å². The van der Waals surface area contributed by atoms with Crippen molar-refractivity contribution in [2.75, 3.05) is 7.05 Å². The topological polar surface area (TPSA) is 105 Å². The Hall–Kier alpha value is -3.87. The molecule has 3 amide bonds. The van der Waals surface area contributed by atoms with Crippen LogP contribution in [0.4, 0.5) is 4.79 Å². The molecular formula is C21H18N2O5. The standard InChI is InChI=1S/C21H18N2O5/c1-22-21(27)23-19(25)18(13-7-3-2-4-8-13)28-20(26)16-11-14-9-5-6-10-15(14)12-17(16)24/h2-12,18,24H,1H3,(H2,22,23,25,27). The van der Waals surface area contributed by atoms with Gasteiger partial charge in [-0.05, 0) is 22.9 Å². The Bertz CT molecular complexity index is 1030. The summed E-state index contributed by atoms with van der Waals surface area (Å²) in [5.74, 6) is -1.95. The summed E-state index contributed by atoms with van der Waals surface area (Å²) >= 11 is 0. The lowest BCUT2D eigenvalue weighted by Gasteiger charge is -2.18. The molecule has 1 atom stereocenters. The van der Waals surface area contributed by atoms with Gasteiger partial charge in [0.2, 0.25) is 6.10 Å². The third kappa shape index (κ3) is 4.09. The van der Waals surface area contributed by atoms with Crippen molar-refractivity contribution in [3.05, 3.63) is 77.9 Å². The molecule has 7 nitrogen and oxygen atoms in total. The Morgan fingerprint density at radius 2 is 1.54 bits per heavy atom. The summed E-state index contributed by atoms with van der Waals surface area (Å²) in [5, 5.41) is 16.1. The third-order valence-electron chi connectivity index (χ3n) is 4.11. The number of phenolic OH excluding ortho intramolecular Hbond substituents is 1. The molecule has 0 fully saturated rings. The van der Waals surface area contributed by atoms with Gasteiger partial charge in [-0.1, -0.05) is 54.6 Å². The zero-order valence-electron chi connectivity index (χ0n) is 15.0. The van der Waals surface area contributed by atoms with Crippen molar-refractivity contribution in [2.24, 2.45) is 0 Å². The van der Waals surface area contributed by atoms with Crippen molar-refractivity contribution < 1.29 is 24.2 Å². The van der Waals surface area contributed by atoms with Gasteiger partial charge in [0.25, 0.3) is 5.91 Å². The summed E-state index contributed by atoms with van der Waals surface area (Å²) in [6, 6.07) is 17.7. The van der Waals surface area contributed by atoms with Gasteiger partial charge in [-0.25, -0.2) is 9.59 Å². The number of ether oxygens (including phenoxy) is 1. The Kier molecular flexibility index (Phi) is 5.55. The van der Waals surface area contributed by atoms with Gasteiger partial charge in [0.1, 0.15) is 11.3 Å². The molecule has 0 heterocycles. The lowest BCUT2D eigenvalue weighted by atomic mass is 10.1. The second kappa shape index (κ2) is 8.22. The average Bonchev–Trinajstić information content (AvgIpc) is 2.71. The molecule has 0 aromatic heterocycles. The van der Waals surface area contributed by atoms with E-state index in [1.165, 1.54) is 19.2 Å². The normalized spacial score (nSPS) is 11.5. The average molecular weight is 378 g/mol. The van der Waals surface area contributed by atoms with E-state index < -0.39 is 24.0 Å². The SMILES string of the molecule is CNC(=O)NC(=O)C(OC(=O)c1cc2ccccc2cc1O)c1ccccc1. The summed E-state index contributed by atoms with van der Waals surface area (Å²) < 4.78 is 5.37. The first-order valence-electron chi connectivity index (χ1n) is 8.50. The van der Waals surface area contributed by atoms with Crippen LogP contribution in [0.2, 0.25) is 0 Å². The highest BCUT2D eigenvalue weighted by Crippen LogP contribution is 2.28. The number of phenols is 1. The first-order valence-corrected chi connectivity index (χ1v) is 8.50. The van der Waals surface area contributed by atoms with Crippen LogP contribution in [0.15, 0.2) is 66.7 Å². The highest BCUT2D eigenvalue weighted by molar-refractivity contribution is 6.01. The molecule has 7 heteroatoms. The molecule has 0 spiro atoms. The summed E-state index contributed by atoms with van der Waals surface area (Å²) in [7, 11) is 1.36. The molecule has 28 heavy (non-hydrogen) atoms. The first kappa shape index (κ1) is 18.9. The molecule has 0 aliphatic heterocycles. The van der Waals surface area contributed by atoms with Crippen LogP contribution >= 0.6 is 0 Å². The molecule has 3 N–H and O–H groups in total. The fourth-order valence-electron chi connectivity index (χ4n) is 2.70. The van der Waals surface area contributed by atoms with Crippen LogP contribution in [0.1, 0.15) is 22.0 Å². The summed E-state index contributed by atoms with van der Waals surface area (Å²) in [4.78, 5) is 36.6. The van der Waals surface area contributed by atoms with E-state index in [2.05, 4.69) is 10.6 Å². The maximum absolute atomic E-state index is 12.7. The van der Waals surface area contributed by atoms with Gasteiger partial charge in [-0.3, -0.25) is 10.1 Å². The molecule has 1 unspecified atom stereocenters. The minimum absolute atomic E-state index is 0.0765. The van der Waals surface area contributed by atoms with Gasteiger partial charge >= 0.3 is 12.0 Å². The van der Waals surface area contributed by atoms with Gasteiger partial charge in [0.05, 0.1) is 0 Å². The van der Waals surface area contributed by atoms with Crippen molar-refractivity contribution in [3.8, 4) is 5.75 Å². The summed E-state index contributed by atoms with van der Waals surface area (Å²) in [6.07, 6.45) is -1.36. The van der Waals surface area contributed by atoms with E-state index in [1.807, 2.05) is 6.07 Å². The van der Waals surface area contributed by atoms with Crippen molar-refractivity contribution in [3.63, 3.8) is 0 Å². The number of rotatable bonds is 4. The lowest BCUT2D eigenvalue weighted by molar-refractivity contribution is -0.129. The zero-order valence-corrected chi connectivity index (χ0v) is 15.0. The van der Waals surface area contributed by atoms with Crippen molar-refractivity contribution in [1.29, 1.82) is 0 Å². The fourth-order valence-corrected chi connectivity index (χ4v) is 2.70. The molecule has 0 saturated heterocycles. The smallest absolute Gasteiger partial charge is 0.343 e. The maximum atomic E-state index is 12.7. The van der Waals surface area contributed by atoms with E-state index in [4.69, 9.17) is 4.74 Å². The van der Waals surface area contributed by atoms with E-state index in [-0.39, 0.29) is 11.3 Å². The van der Waals surface area contributed by atoms with Gasteiger partial charge in [0, 0.05) is 12.6 Å². The molecule has 0 saturated carbocycles. The van der Waals surface area contributed by atoms with Gasteiger partial charge in [-0.15, -0.1) is 0 Å². The Morgan fingerprint density at radius 1 is 0.929 bits per heavy atom.